The topological polar surface area (TPSA) is 79.7 Å². The normalized spacial score (nSPS) is 18.6. The number of fused-ring (bicyclic) bond motifs is 3. The van der Waals surface area contributed by atoms with E-state index in [1.807, 2.05) is 0 Å². The van der Waals surface area contributed by atoms with Crippen molar-refractivity contribution in [3.63, 3.8) is 0 Å². The number of pyridine rings is 1. The van der Waals surface area contributed by atoms with Crippen molar-refractivity contribution >= 4 is 16.9 Å². The Morgan fingerprint density at radius 3 is 2.88 bits per heavy atom. The van der Waals surface area contributed by atoms with Crippen LogP contribution in [0.15, 0.2) is 24.3 Å². The van der Waals surface area contributed by atoms with Crippen LogP contribution in [0.4, 0.5) is 0 Å². The maximum atomic E-state index is 11.4. The SMILES string of the molecule is O=C1OC(O)c2c1c(O)nc1ccccc21. The van der Waals surface area contributed by atoms with E-state index in [0.717, 1.165) is 0 Å². The van der Waals surface area contributed by atoms with Gasteiger partial charge in [0.1, 0.15) is 5.56 Å². The number of aliphatic hydroxyl groups is 1. The predicted molar refractivity (Wildman–Crippen MR) is 53.8 cm³/mol. The smallest absolute Gasteiger partial charge is 0.346 e. The molecule has 1 unspecified atom stereocenters. The molecule has 2 heterocycles. The van der Waals surface area contributed by atoms with E-state index in [9.17, 15) is 15.0 Å². The summed E-state index contributed by atoms with van der Waals surface area (Å²) in [4.78, 5) is 15.2. The van der Waals surface area contributed by atoms with Crippen LogP contribution in [0.5, 0.6) is 5.88 Å². The number of para-hydroxylation sites is 1. The molecule has 16 heavy (non-hydrogen) atoms. The molecule has 0 amide bonds. The van der Waals surface area contributed by atoms with Gasteiger partial charge in [0.25, 0.3) is 0 Å². The highest BCUT2D eigenvalue weighted by Crippen LogP contribution is 2.38. The second-order valence-electron chi connectivity index (χ2n) is 3.50. The first kappa shape index (κ1) is 9.11. The van der Waals surface area contributed by atoms with Gasteiger partial charge in [0.15, 0.2) is 0 Å². The summed E-state index contributed by atoms with van der Waals surface area (Å²) in [5.74, 6) is -1.16. The minimum absolute atomic E-state index is 0.0498. The Kier molecular flexibility index (Phi) is 1.67. The summed E-state index contributed by atoms with van der Waals surface area (Å²) in [6, 6.07) is 6.92. The summed E-state index contributed by atoms with van der Waals surface area (Å²) in [5.41, 5.74) is 0.746. The Bertz CT molecular complexity index is 608. The van der Waals surface area contributed by atoms with Gasteiger partial charge >= 0.3 is 5.97 Å². The fraction of sp³-hybridized carbons (Fsp3) is 0.0909. The first-order valence-corrected chi connectivity index (χ1v) is 4.69. The number of aliphatic hydroxyl groups excluding tert-OH is 1. The molecule has 2 aromatic rings. The van der Waals surface area contributed by atoms with Crippen LogP contribution in [0.25, 0.3) is 10.9 Å². The minimum atomic E-state index is -1.33. The Labute approximate surface area is 89.9 Å². The van der Waals surface area contributed by atoms with E-state index >= 15 is 0 Å². The molecule has 0 aliphatic carbocycles. The zero-order chi connectivity index (χ0) is 11.3. The number of nitrogens with zero attached hydrogens (tertiary/aromatic N) is 1. The van der Waals surface area contributed by atoms with Crippen molar-refractivity contribution in [3.05, 3.63) is 35.4 Å². The molecular weight excluding hydrogens is 210 g/mol. The molecule has 1 aromatic heterocycles. The van der Waals surface area contributed by atoms with Crippen molar-refractivity contribution in [2.45, 2.75) is 6.29 Å². The van der Waals surface area contributed by atoms with Gasteiger partial charge in [-0.15, -0.1) is 0 Å². The van der Waals surface area contributed by atoms with E-state index in [1.54, 1.807) is 24.3 Å². The lowest BCUT2D eigenvalue weighted by molar-refractivity contribution is -0.0540. The average Bonchev–Trinajstić information content (AvgIpc) is 2.55. The van der Waals surface area contributed by atoms with Crippen molar-refractivity contribution in [2.75, 3.05) is 0 Å². The van der Waals surface area contributed by atoms with Gasteiger partial charge < -0.3 is 14.9 Å². The summed E-state index contributed by atoms with van der Waals surface area (Å²) < 4.78 is 4.64. The van der Waals surface area contributed by atoms with Gasteiger partial charge in [-0.25, -0.2) is 9.78 Å². The van der Waals surface area contributed by atoms with Crippen LogP contribution in [0, 0.1) is 0 Å². The van der Waals surface area contributed by atoms with Crippen molar-refractivity contribution in [3.8, 4) is 5.88 Å². The lowest BCUT2D eigenvalue weighted by atomic mass is 10.0. The van der Waals surface area contributed by atoms with Crippen molar-refractivity contribution in [1.29, 1.82) is 0 Å². The predicted octanol–water partition coefficient (Wildman–Crippen LogP) is 1.10. The molecule has 2 N–H and O–H groups in total. The number of cyclic esters (lactones) is 1. The zero-order valence-corrected chi connectivity index (χ0v) is 8.04. The molecule has 1 aromatic carbocycles. The Balaban J connectivity index is 2.49. The maximum Gasteiger partial charge on any atom is 0.346 e. The second kappa shape index (κ2) is 2.93. The minimum Gasteiger partial charge on any atom is -0.493 e. The van der Waals surface area contributed by atoms with Crippen molar-refractivity contribution in [1.82, 2.24) is 4.98 Å². The quantitative estimate of drug-likeness (QED) is 0.646. The van der Waals surface area contributed by atoms with E-state index in [4.69, 9.17) is 0 Å². The van der Waals surface area contributed by atoms with Crippen LogP contribution < -0.4 is 0 Å². The highest BCUT2D eigenvalue weighted by Gasteiger charge is 2.35. The van der Waals surface area contributed by atoms with Crippen LogP contribution in [-0.4, -0.2) is 21.2 Å². The molecule has 80 valence electrons. The lowest BCUT2D eigenvalue weighted by Crippen LogP contribution is -1.96. The number of aromatic nitrogens is 1. The lowest BCUT2D eigenvalue weighted by Gasteiger charge is -2.05. The van der Waals surface area contributed by atoms with Crippen LogP contribution >= 0.6 is 0 Å². The van der Waals surface area contributed by atoms with Crippen LogP contribution in [0.1, 0.15) is 22.2 Å². The van der Waals surface area contributed by atoms with Gasteiger partial charge in [-0.1, -0.05) is 18.2 Å². The fourth-order valence-corrected chi connectivity index (χ4v) is 1.90. The number of hydrogen-bond acceptors (Lipinski definition) is 5. The Morgan fingerprint density at radius 2 is 2.06 bits per heavy atom. The van der Waals surface area contributed by atoms with Gasteiger partial charge in [0.2, 0.25) is 12.2 Å². The summed E-state index contributed by atoms with van der Waals surface area (Å²) in [5, 5.41) is 19.8. The van der Waals surface area contributed by atoms with Gasteiger partial charge in [0.05, 0.1) is 5.52 Å². The maximum absolute atomic E-state index is 11.4. The number of aromatic hydroxyl groups is 1. The van der Waals surface area contributed by atoms with Gasteiger partial charge in [-0.2, -0.15) is 0 Å². The van der Waals surface area contributed by atoms with E-state index < -0.39 is 18.1 Å². The number of ether oxygens (including phenoxy) is 1. The molecule has 5 nitrogen and oxygen atoms in total. The Hall–Kier alpha value is -2.14. The Morgan fingerprint density at radius 1 is 1.31 bits per heavy atom. The van der Waals surface area contributed by atoms with Crippen LogP contribution in [-0.2, 0) is 4.74 Å². The third-order valence-corrected chi connectivity index (χ3v) is 2.58. The van der Waals surface area contributed by atoms with E-state index in [0.29, 0.717) is 10.9 Å². The standard InChI is InChI=1S/C11H7NO4/c13-9-8-7(10(14)16-11(8)15)5-3-1-2-4-6(5)12-9/h1-4,10,14H,(H,12,13). The number of benzene rings is 1. The summed E-state index contributed by atoms with van der Waals surface area (Å²) in [6.07, 6.45) is -1.33. The molecule has 0 spiro atoms. The van der Waals surface area contributed by atoms with E-state index in [1.165, 1.54) is 0 Å². The first-order chi connectivity index (χ1) is 7.68. The van der Waals surface area contributed by atoms with Gasteiger partial charge in [0, 0.05) is 10.9 Å². The number of carbonyl (C=O) groups excluding carboxylic acids is 1. The molecule has 1 aliphatic rings. The second-order valence-corrected chi connectivity index (χ2v) is 3.50. The number of rotatable bonds is 0. The van der Waals surface area contributed by atoms with Crippen molar-refractivity contribution < 1.29 is 19.7 Å². The molecule has 0 saturated carbocycles. The third kappa shape index (κ3) is 1.03. The first-order valence-electron chi connectivity index (χ1n) is 4.69. The number of esters is 1. The molecule has 3 rings (SSSR count). The number of carbonyl (C=O) groups is 1. The van der Waals surface area contributed by atoms with Crippen LogP contribution in [0.2, 0.25) is 0 Å². The third-order valence-electron chi connectivity index (χ3n) is 2.58. The molecule has 1 atom stereocenters. The summed E-state index contributed by atoms with van der Waals surface area (Å²) in [7, 11) is 0. The molecular formula is C11H7NO4. The van der Waals surface area contributed by atoms with E-state index in [2.05, 4.69) is 9.72 Å². The largest absolute Gasteiger partial charge is 0.493 e. The number of hydrogen-bond donors (Lipinski definition) is 2. The summed E-state index contributed by atoms with van der Waals surface area (Å²) >= 11 is 0. The molecule has 0 radical (unpaired) electrons. The molecule has 0 bridgehead atoms. The molecule has 1 aliphatic heterocycles. The summed E-state index contributed by atoms with van der Waals surface area (Å²) in [6.45, 7) is 0. The molecule has 0 saturated heterocycles. The highest BCUT2D eigenvalue weighted by atomic mass is 16.6. The van der Waals surface area contributed by atoms with Gasteiger partial charge in [-0.05, 0) is 6.07 Å². The zero-order valence-electron chi connectivity index (χ0n) is 8.04. The molecule has 5 heteroatoms. The highest BCUT2D eigenvalue weighted by molar-refractivity contribution is 6.02. The fourth-order valence-electron chi connectivity index (χ4n) is 1.90. The van der Waals surface area contributed by atoms with Gasteiger partial charge in [-0.3, -0.25) is 0 Å². The molecule has 0 fully saturated rings. The monoisotopic (exact) mass is 217 g/mol. The van der Waals surface area contributed by atoms with Crippen molar-refractivity contribution in [2.24, 2.45) is 0 Å². The van der Waals surface area contributed by atoms with Crippen LogP contribution in [0.3, 0.4) is 0 Å². The average molecular weight is 217 g/mol. The van der Waals surface area contributed by atoms with E-state index in [-0.39, 0.29) is 11.1 Å².